The van der Waals surface area contributed by atoms with Crippen LogP contribution in [0.2, 0.25) is 0 Å². The number of aryl methyl sites for hydroxylation is 1. The third kappa shape index (κ3) is 2.18. The van der Waals surface area contributed by atoms with Crippen molar-refractivity contribution in [3.05, 3.63) is 17.1 Å². The zero-order valence-corrected chi connectivity index (χ0v) is 12.4. The van der Waals surface area contributed by atoms with E-state index in [1.165, 1.54) is 12.0 Å². The Morgan fingerprint density at radius 3 is 2.81 bits per heavy atom. The van der Waals surface area contributed by atoms with Crippen LogP contribution in [0.4, 0.5) is 5.82 Å². The van der Waals surface area contributed by atoms with E-state index in [-0.39, 0.29) is 11.8 Å². The molecule has 4 rings (SSSR count). The number of hydrogen-bond acceptors (Lipinski definition) is 5. The standard InChI is InChI=1S/C15H21N5O/c1-10-17-13-9-20(15(21)11-3-4-16-7-11)8-12(13)14(18-10)19-5-2-6-19/h11,16H,2-9H2,1H3. The summed E-state index contributed by atoms with van der Waals surface area (Å²) in [6, 6.07) is 0. The number of nitrogens with zero attached hydrogens (tertiary/aromatic N) is 4. The zero-order chi connectivity index (χ0) is 14.4. The Morgan fingerprint density at radius 2 is 2.14 bits per heavy atom. The molecule has 21 heavy (non-hydrogen) atoms. The van der Waals surface area contributed by atoms with Gasteiger partial charge in [0.25, 0.3) is 0 Å². The number of carbonyl (C=O) groups excluding carboxylic acids is 1. The number of nitrogens with one attached hydrogen (secondary N) is 1. The first-order valence-corrected chi connectivity index (χ1v) is 7.83. The van der Waals surface area contributed by atoms with Crippen molar-refractivity contribution in [2.45, 2.75) is 32.9 Å². The van der Waals surface area contributed by atoms with Crippen molar-refractivity contribution in [3.8, 4) is 0 Å². The highest BCUT2D eigenvalue weighted by atomic mass is 16.2. The van der Waals surface area contributed by atoms with Crippen LogP contribution < -0.4 is 10.2 Å². The second-order valence-corrected chi connectivity index (χ2v) is 6.24. The predicted molar refractivity (Wildman–Crippen MR) is 78.8 cm³/mol. The highest BCUT2D eigenvalue weighted by Crippen LogP contribution is 2.32. The van der Waals surface area contributed by atoms with Crippen molar-refractivity contribution in [2.24, 2.45) is 5.92 Å². The highest BCUT2D eigenvalue weighted by molar-refractivity contribution is 5.80. The molecule has 6 heteroatoms. The second kappa shape index (κ2) is 4.94. The van der Waals surface area contributed by atoms with E-state index in [4.69, 9.17) is 0 Å². The van der Waals surface area contributed by atoms with Crippen molar-refractivity contribution < 1.29 is 4.79 Å². The maximum Gasteiger partial charge on any atom is 0.227 e. The van der Waals surface area contributed by atoms with E-state index in [1.807, 2.05) is 11.8 Å². The quantitative estimate of drug-likeness (QED) is 0.855. The number of amides is 1. The van der Waals surface area contributed by atoms with E-state index in [0.717, 1.165) is 49.9 Å². The van der Waals surface area contributed by atoms with Crippen LogP contribution in [-0.4, -0.2) is 47.0 Å². The van der Waals surface area contributed by atoms with Crippen molar-refractivity contribution in [1.29, 1.82) is 0 Å². The van der Waals surface area contributed by atoms with Crippen LogP contribution in [0.5, 0.6) is 0 Å². The average molecular weight is 287 g/mol. The van der Waals surface area contributed by atoms with Crippen molar-refractivity contribution >= 4 is 11.7 Å². The molecule has 0 aliphatic carbocycles. The van der Waals surface area contributed by atoms with Gasteiger partial charge in [-0.05, 0) is 26.3 Å². The van der Waals surface area contributed by atoms with E-state index in [1.54, 1.807) is 0 Å². The van der Waals surface area contributed by atoms with Gasteiger partial charge >= 0.3 is 0 Å². The Morgan fingerprint density at radius 1 is 1.29 bits per heavy atom. The molecule has 0 bridgehead atoms. The van der Waals surface area contributed by atoms with Crippen LogP contribution in [0, 0.1) is 12.8 Å². The molecule has 1 unspecified atom stereocenters. The first-order valence-electron chi connectivity index (χ1n) is 7.83. The Kier molecular flexibility index (Phi) is 3.06. The van der Waals surface area contributed by atoms with Gasteiger partial charge in [-0.2, -0.15) is 0 Å². The molecule has 3 aliphatic heterocycles. The fourth-order valence-corrected chi connectivity index (χ4v) is 3.43. The van der Waals surface area contributed by atoms with Gasteiger partial charge < -0.3 is 15.1 Å². The molecule has 1 amide bonds. The number of hydrogen-bond donors (Lipinski definition) is 1. The molecule has 0 radical (unpaired) electrons. The molecule has 0 aromatic carbocycles. The first-order chi connectivity index (χ1) is 10.2. The summed E-state index contributed by atoms with van der Waals surface area (Å²) in [4.78, 5) is 26.0. The summed E-state index contributed by atoms with van der Waals surface area (Å²) in [5.41, 5.74) is 2.21. The van der Waals surface area contributed by atoms with Gasteiger partial charge in [-0.1, -0.05) is 0 Å². The Balaban J connectivity index is 1.59. The van der Waals surface area contributed by atoms with E-state index < -0.39 is 0 Å². The Labute approximate surface area is 124 Å². The summed E-state index contributed by atoms with van der Waals surface area (Å²) in [5, 5.41) is 3.27. The lowest BCUT2D eigenvalue weighted by Crippen LogP contribution is -2.39. The van der Waals surface area contributed by atoms with E-state index >= 15 is 0 Å². The third-order valence-electron chi connectivity index (χ3n) is 4.75. The van der Waals surface area contributed by atoms with Gasteiger partial charge in [0.15, 0.2) is 0 Å². The number of carbonyl (C=O) groups is 1. The molecule has 2 saturated heterocycles. The number of anilines is 1. The molecular weight excluding hydrogens is 266 g/mol. The zero-order valence-electron chi connectivity index (χ0n) is 12.4. The van der Waals surface area contributed by atoms with Gasteiger partial charge in [0, 0.05) is 25.2 Å². The van der Waals surface area contributed by atoms with E-state index in [2.05, 4.69) is 20.2 Å². The van der Waals surface area contributed by atoms with Crippen LogP contribution in [0.3, 0.4) is 0 Å². The number of aromatic nitrogens is 2. The van der Waals surface area contributed by atoms with Crippen LogP contribution in [0.15, 0.2) is 0 Å². The molecule has 0 spiro atoms. The monoisotopic (exact) mass is 287 g/mol. The van der Waals surface area contributed by atoms with Crippen molar-refractivity contribution in [2.75, 3.05) is 31.1 Å². The molecule has 4 heterocycles. The molecule has 112 valence electrons. The SMILES string of the molecule is Cc1nc2c(c(N3CCC3)n1)CN(C(=O)C1CCNC1)C2. The summed E-state index contributed by atoms with van der Waals surface area (Å²) in [6.07, 6.45) is 2.18. The molecule has 0 saturated carbocycles. The normalized spacial score (nSPS) is 24.1. The fourth-order valence-electron chi connectivity index (χ4n) is 3.43. The van der Waals surface area contributed by atoms with E-state index in [0.29, 0.717) is 13.1 Å². The fraction of sp³-hybridized carbons (Fsp3) is 0.667. The third-order valence-corrected chi connectivity index (χ3v) is 4.75. The number of fused-ring (bicyclic) bond motifs is 1. The minimum atomic E-state index is 0.140. The smallest absolute Gasteiger partial charge is 0.227 e. The topological polar surface area (TPSA) is 61.4 Å². The molecule has 1 atom stereocenters. The predicted octanol–water partition coefficient (Wildman–Crippen LogP) is 0.447. The van der Waals surface area contributed by atoms with E-state index in [9.17, 15) is 4.79 Å². The van der Waals surface area contributed by atoms with Gasteiger partial charge in [-0.3, -0.25) is 4.79 Å². The summed E-state index contributed by atoms with van der Waals surface area (Å²) in [6.45, 7) is 7.18. The summed E-state index contributed by atoms with van der Waals surface area (Å²) < 4.78 is 0. The molecule has 6 nitrogen and oxygen atoms in total. The molecule has 3 aliphatic rings. The lowest BCUT2D eigenvalue weighted by atomic mass is 10.1. The Hall–Kier alpha value is -1.69. The van der Waals surface area contributed by atoms with Crippen molar-refractivity contribution in [3.63, 3.8) is 0 Å². The van der Waals surface area contributed by atoms with Gasteiger partial charge in [-0.25, -0.2) is 9.97 Å². The molecule has 1 aromatic rings. The van der Waals surface area contributed by atoms with Gasteiger partial charge in [-0.15, -0.1) is 0 Å². The summed E-state index contributed by atoms with van der Waals surface area (Å²) in [5.74, 6) is 2.28. The van der Waals surface area contributed by atoms with Crippen LogP contribution >= 0.6 is 0 Å². The average Bonchev–Trinajstić information content (AvgIpc) is 3.04. The summed E-state index contributed by atoms with van der Waals surface area (Å²) in [7, 11) is 0. The minimum absolute atomic E-state index is 0.140. The minimum Gasteiger partial charge on any atom is -0.356 e. The first kappa shape index (κ1) is 13.0. The second-order valence-electron chi connectivity index (χ2n) is 6.24. The maximum absolute atomic E-state index is 12.6. The lowest BCUT2D eigenvalue weighted by Gasteiger charge is -2.33. The lowest BCUT2D eigenvalue weighted by molar-refractivity contribution is -0.135. The maximum atomic E-state index is 12.6. The van der Waals surface area contributed by atoms with Gasteiger partial charge in [0.2, 0.25) is 5.91 Å². The highest BCUT2D eigenvalue weighted by Gasteiger charge is 2.34. The molecule has 1 N–H and O–H groups in total. The Bertz CT molecular complexity index is 578. The largest absolute Gasteiger partial charge is 0.356 e. The molecular formula is C15H21N5O. The van der Waals surface area contributed by atoms with Crippen LogP contribution in [0.1, 0.15) is 29.9 Å². The number of rotatable bonds is 2. The summed E-state index contributed by atoms with van der Waals surface area (Å²) >= 11 is 0. The molecule has 2 fully saturated rings. The van der Waals surface area contributed by atoms with Crippen LogP contribution in [0.25, 0.3) is 0 Å². The van der Waals surface area contributed by atoms with Gasteiger partial charge in [0.1, 0.15) is 11.6 Å². The van der Waals surface area contributed by atoms with Gasteiger partial charge in [0.05, 0.1) is 24.7 Å². The molecule has 1 aromatic heterocycles. The van der Waals surface area contributed by atoms with Crippen LogP contribution in [-0.2, 0) is 17.9 Å². The van der Waals surface area contributed by atoms with Crippen molar-refractivity contribution in [1.82, 2.24) is 20.2 Å².